The number of carbonyl (C=O) groups excluding carboxylic acids is 2. The SMILES string of the molecule is CCNCC1CCN(C(=O)CCCOc2cccc(C(C)=O)c2)CC1. The predicted octanol–water partition coefficient (Wildman–Crippen LogP) is 2.90. The maximum atomic E-state index is 12.3. The molecule has 1 amide bonds. The lowest BCUT2D eigenvalue weighted by Gasteiger charge is -2.32. The maximum Gasteiger partial charge on any atom is 0.222 e. The number of benzene rings is 1. The number of rotatable bonds is 9. The Hall–Kier alpha value is -1.88. The second-order valence-corrected chi connectivity index (χ2v) is 6.67. The fourth-order valence-electron chi connectivity index (χ4n) is 3.11. The van der Waals surface area contributed by atoms with Gasteiger partial charge in [0, 0.05) is 25.1 Å². The number of nitrogens with zero attached hydrogens (tertiary/aromatic N) is 1. The van der Waals surface area contributed by atoms with Gasteiger partial charge < -0.3 is 15.0 Å². The average Bonchev–Trinajstić information content (AvgIpc) is 2.64. The Kier molecular flexibility index (Phi) is 7.92. The van der Waals surface area contributed by atoms with Crippen molar-refractivity contribution in [1.82, 2.24) is 10.2 Å². The molecule has 1 aromatic rings. The first-order valence-corrected chi connectivity index (χ1v) is 9.32. The number of carbonyl (C=O) groups is 2. The number of amides is 1. The van der Waals surface area contributed by atoms with Crippen LogP contribution in [0.15, 0.2) is 24.3 Å². The lowest BCUT2D eigenvalue weighted by molar-refractivity contribution is -0.132. The molecule has 1 aromatic carbocycles. The maximum absolute atomic E-state index is 12.3. The molecule has 0 unspecified atom stereocenters. The summed E-state index contributed by atoms with van der Waals surface area (Å²) in [5.74, 6) is 1.63. The molecule has 1 N–H and O–H groups in total. The number of hydrogen-bond donors (Lipinski definition) is 1. The van der Waals surface area contributed by atoms with Gasteiger partial charge >= 0.3 is 0 Å². The first-order chi connectivity index (χ1) is 12.1. The molecular formula is C20H30N2O3. The molecule has 1 fully saturated rings. The molecule has 0 radical (unpaired) electrons. The first-order valence-electron chi connectivity index (χ1n) is 9.32. The summed E-state index contributed by atoms with van der Waals surface area (Å²) in [5.41, 5.74) is 0.647. The number of nitrogens with one attached hydrogen (secondary N) is 1. The molecule has 0 aromatic heterocycles. The molecule has 1 aliphatic rings. The smallest absolute Gasteiger partial charge is 0.222 e. The van der Waals surface area contributed by atoms with Crippen LogP contribution in [0.25, 0.3) is 0 Å². The lowest BCUT2D eigenvalue weighted by Crippen LogP contribution is -2.40. The second-order valence-electron chi connectivity index (χ2n) is 6.67. The van der Waals surface area contributed by atoms with E-state index in [-0.39, 0.29) is 11.7 Å². The zero-order valence-electron chi connectivity index (χ0n) is 15.4. The van der Waals surface area contributed by atoms with Gasteiger partial charge in [-0.3, -0.25) is 9.59 Å². The van der Waals surface area contributed by atoms with Crippen LogP contribution in [-0.4, -0.2) is 49.4 Å². The molecule has 0 bridgehead atoms. The highest BCUT2D eigenvalue weighted by atomic mass is 16.5. The fraction of sp³-hybridized carbons (Fsp3) is 0.600. The minimum absolute atomic E-state index is 0.0261. The molecule has 138 valence electrons. The molecule has 1 aliphatic heterocycles. The molecule has 25 heavy (non-hydrogen) atoms. The zero-order chi connectivity index (χ0) is 18.1. The van der Waals surface area contributed by atoms with Gasteiger partial charge in [0.25, 0.3) is 0 Å². The van der Waals surface area contributed by atoms with E-state index in [0.29, 0.717) is 36.7 Å². The van der Waals surface area contributed by atoms with Crippen molar-refractivity contribution in [1.29, 1.82) is 0 Å². The van der Waals surface area contributed by atoms with Gasteiger partial charge in [-0.15, -0.1) is 0 Å². The summed E-state index contributed by atoms with van der Waals surface area (Å²) in [7, 11) is 0. The van der Waals surface area contributed by atoms with Gasteiger partial charge in [-0.2, -0.15) is 0 Å². The van der Waals surface area contributed by atoms with E-state index in [1.165, 1.54) is 0 Å². The van der Waals surface area contributed by atoms with Crippen LogP contribution in [0.3, 0.4) is 0 Å². The van der Waals surface area contributed by atoms with E-state index in [4.69, 9.17) is 4.74 Å². The van der Waals surface area contributed by atoms with E-state index in [2.05, 4.69) is 12.2 Å². The van der Waals surface area contributed by atoms with Gasteiger partial charge in [-0.25, -0.2) is 0 Å². The van der Waals surface area contributed by atoms with Gasteiger partial charge in [-0.05, 0) is 57.3 Å². The number of Topliss-reactive ketones (excluding diaryl/α,β-unsaturated/α-hetero) is 1. The molecule has 0 atom stereocenters. The van der Waals surface area contributed by atoms with Gasteiger partial charge in [0.15, 0.2) is 5.78 Å². The third kappa shape index (κ3) is 6.50. The number of piperidine rings is 1. The van der Waals surface area contributed by atoms with Gasteiger partial charge in [0.05, 0.1) is 6.61 Å². The number of hydrogen-bond acceptors (Lipinski definition) is 4. The van der Waals surface area contributed by atoms with Crippen molar-refractivity contribution >= 4 is 11.7 Å². The second kappa shape index (κ2) is 10.2. The first kappa shape index (κ1) is 19.4. The highest BCUT2D eigenvalue weighted by Gasteiger charge is 2.21. The van der Waals surface area contributed by atoms with Gasteiger partial charge in [0.1, 0.15) is 5.75 Å². The lowest BCUT2D eigenvalue weighted by atomic mass is 9.96. The van der Waals surface area contributed by atoms with E-state index in [0.717, 1.165) is 39.0 Å². The van der Waals surface area contributed by atoms with Gasteiger partial charge in [-0.1, -0.05) is 19.1 Å². The Morgan fingerprint density at radius 2 is 2.04 bits per heavy atom. The fourth-order valence-corrected chi connectivity index (χ4v) is 3.11. The molecular weight excluding hydrogens is 316 g/mol. The predicted molar refractivity (Wildman–Crippen MR) is 99.0 cm³/mol. The highest BCUT2D eigenvalue weighted by molar-refractivity contribution is 5.94. The summed E-state index contributed by atoms with van der Waals surface area (Å²) in [6, 6.07) is 7.18. The average molecular weight is 346 g/mol. The minimum atomic E-state index is 0.0261. The summed E-state index contributed by atoms with van der Waals surface area (Å²) < 4.78 is 5.66. The van der Waals surface area contributed by atoms with Crippen LogP contribution in [0.2, 0.25) is 0 Å². The van der Waals surface area contributed by atoms with E-state index >= 15 is 0 Å². The Balaban J connectivity index is 1.64. The quantitative estimate of drug-likeness (QED) is 0.552. The van der Waals surface area contributed by atoms with E-state index in [1.807, 2.05) is 17.0 Å². The number of ether oxygens (including phenoxy) is 1. The standard InChI is InChI=1S/C20H30N2O3/c1-3-21-15-17-9-11-22(12-10-17)20(24)8-5-13-25-19-7-4-6-18(14-19)16(2)23/h4,6-7,14,17,21H,3,5,8-13,15H2,1-2H3. The third-order valence-corrected chi connectivity index (χ3v) is 4.69. The summed E-state index contributed by atoms with van der Waals surface area (Å²) in [6.07, 6.45) is 3.39. The molecule has 1 saturated heterocycles. The summed E-state index contributed by atoms with van der Waals surface area (Å²) >= 11 is 0. The molecule has 0 spiro atoms. The van der Waals surface area contributed by atoms with Crippen LogP contribution in [0.1, 0.15) is 49.9 Å². The topological polar surface area (TPSA) is 58.6 Å². The third-order valence-electron chi connectivity index (χ3n) is 4.69. The van der Waals surface area contributed by atoms with Crippen molar-refractivity contribution in [3.8, 4) is 5.75 Å². The number of ketones is 1. The molecule has 5 nitrogen and oxygen atoms in total. The molecule has 2 rings (SSSR count). The number of likely N-dealkylation sites (tertiary alicyclic amines) is 1. The largest absolute Gasteiger partial charge is 0.494 e. The van der Waals surface area contributed by atoms with Crippen molar-refractivity contribution in [2.45, 2.75) is 39.5 Å². The summed E-state index contributed by atoms with van der Waals surface area (Å²) in [4.78, 5) is 25.6. The van der Waals surface area contributed by atoms with Crippen molar-refractivity contribution in [2.75, 3.05) is 32.8 Å². The summed E-state index contributed by atoms with van der Waals surface area (Å²) in [5, 5.41) is 3.39. The van der Waals surface area contributed by atoms with Gasteiger partial charge in [0.2, 0.25) is 5.91 Å². The van der Waals surface area contributed by atoms with E-state index in [9.17, 15) is 9.59 Å². The van der Waals surface area contributed by atoms with Crippen molar-refractivity contribution < 1.29 is 14.3 Å². The molecule has 1 heterocycles. The zero-order valence-corrected chi connectivity index (χ0v) is 15.4. The molecule has 5 heteroatoms. The normalized spacial score (nSPS) is 15.2. The van der Waals surface area contributed by atoms with Crippen LogP contribution >= 0.6 is 0 Å². The highest BCUT2D eigenvalue weighted by Crippen LogP contribution is 2.18. The minimum Gasteiger partial charge on any atom is -0.494 e. The van der Waals surface area contributed by atoms with Crippen molar-refractivity contribution in [3.05, 3.63) is 29.8 Å². The van der Waals surface area contributed by atoms with E-state index < -0.39 is 0 Å². The Morgan fingerprint density at radius 1 is 1.28 bits per heavy atom. The monoisotopic (exact) mass is 346 g/mol. The molecule has 0 aliphatic carbocycles. The van der Waals surface area contributed by atoms with Crippen molar-refractivity contribution in [3.63, 3.8) is 0 Å². The molecule has 0 saturated carbocycles. The van der Waals surface area contributed by atoms with E-state index in [1.54, 1.807) is 19.1 Å². The Bertz CT molecular complexity index is 566. The Labute approximate surface area is 150 Å². The Morgan fingerprint density at radius 3 is 2.72 bits per heavy atom. The van der Waals surface area contributed by atoms with Crippen LogP contribution in [0.4, 0.5) is 0 Å². The summed E-state index contributed by atoms with van der Waals surface area (Å²) in [6.45, 7) is 7.97. The van der Waals surface area contributed by atoms with Crippen LogP contribution in [0.5, 0.6) is 5.75 Å². The van der Waals surface area contributed by atoms with Crippen LogP contribution < -0.4 is 10.1 Å². The van der Waals surface area contributed by atoms with Crippen molar-refractivity contribution in [2.24, 2.45) is 5.92 Å². The van der Waals surface area contributed by atoms with Crippen LogP contribution in [0, 0.1) is 5.92 Å². The van der Waals surface area contributed by atoms with Crippen LogP contribution in [-0.2, 0) is 4.79 Å².